The summed E-state index contributed by atoms with van der Waals surface area (Å²) in [6.45, 7) is 0.576. The van der Waals surface area contributed by atoms with Crippen LogP contribution in [-0.2, 0) is 19.6 Å². The van der Waals surface area contributed by atoms with Crippen LogP contribution < -0.4 is 15.4 Å². The number of ether oxygens (including phenoxy) is 1. The molecule has 3 rings (SSSR count). The first-order chi connectivity index (χ1) is 14.1. The molecule has 0 saturated carbocycles. The number of nitrogens with zero attached hydrogens (tertiary/aromatic N) is 1. The highest BCUT2D eigenvalue weighted by Crippen LogP contribution is 2.16. The second-order valence-corrected chi connectivity index (χ2v) is 6.41. The number of nitrogens with one attached hydrogen (secondary N) is 2. The molecule has 0 spiro atoms. The fourth-order valence-electron chi connectivity index (χ4n) is 2.70. The van der Waals surface area contributed by atoms with Crippen LogP contribution in [-0.4, -0.2) is 6.03 Å². The summed E-state index contributed by atoms with van der Waals surface area (Å²) >= 11 is 0. The lowest BCUT2D eigenvalue weighted by atomic mass is 10.1. The fraction of sp³-hybridized carbons (Fsp3) is 0.130. The zero-order valence-corrected chi connectivity index (χ0v) is 15.7. The zero-order valence-electron chi connectivity index (χ0n) is 15.7. The average molecular weight is 389 g/mol. The SMILES string of the molecule is N#CCc1ccc(OCc2cccc(NC(=O)NCc3cccc(F)c3)c2)cc1. The molecule has 2 N–H and O–H groups in total. The summed E-state index contributed by atoms with van der Waals surface area (Å²) in [5.74, 6) is 0.370. The highest BCUT2D eigenvalue weighted by Gasteiger charge is 2.04. The number of halogens is 1. The van der Waals surface area contributed by atoms with Gasteiger partial charge in [0, 0.05) is 12.2 Å². The Kier molecular flexibility index (Phi) is 6.80. The summed E-state index contributed by atoms with van der Waals surface area (Å²) in [4.78, 5) is 12.1. The summed E-state index contributed by atoms with van der Waals surface area (Å²) in [6, 6.07) is 22.5. The minimum absolute atomic E-state index is 0.230. The minimum Gasteiger partial charge on any atom is -0.489 e. The van der Waals surface area contributed by atoms with Gasteiger partial charge >= 0.3 is 6.03 Å². The van der Waals surface area contributed by atoms with Gasteiger partial charge in [0.1, 0.15) is 18.2 Å². The van der Waals surface area contributed by atoms with E-state index in [2.05, 4.69) is 16.7 Å². The highest BCUT2D eigenvalue weighted by molar-refractivity contribution is 5.89. The summed E-state index contributed by atoms with van der Waals surface area (Å²) in [5, 5.41) is 14.2. The number of anilines is 1. The molecule has 0 aliphatic heterocycles. The molecule has 29 heavy (non-hydrogen) atoms. The molecule has 0 aliphatic carbocycles. The topological polar surface area (TPSA) is 74.1 Å². The number of urea groups is 1. The Hall–Kier alpha value is -3.85. The first-order valence-electron chi connectivity index (χ1n) is 9.09. The van der Waals surface area contributed by atoms with E-state index < -0.39 is 0 Å². The van der Waals surface area contributed by atoms with Crippen LogP contribution in [0.1, 0.15) is 16.7 Å². The van der Waals surface area contributed by atoms with Crippen molar-refractivity contribution in [2.24, 2.45) is 0 Å². The maximum atomic E-state index is 13.2. The molecular formula is C23H20FN3O2. The summed E-state index contributed by atoms with van der Waals surface area (Å²) in [6.07, 6.45) is 0.370. The molecule has 0 aliphatic rings. The van der Waals surface area contributed by atoms with Gasteiger partial charge in [0.2, 0.25) is 0 Å². The van der Waals surface area contributed by atoms with E-state index in [-0.39, 0.29) is 18.4 Å². The van der Waals surface area contributed by atoms with Crippen LogP contribution in [0.3, 0.4) is 0 Å². The predicted octanol–water partition coefficient (Wildman–Crippen LogP) is 4.79. The van der Waals surface area contributed by atoms with Crippen molar-refractivity contribution in [3.63, 3.8) is 0 Å². The van der Waals surface area contributed by atoms with E-state index in [0.717, 1.165) is 11.1 Å². The van der Waals surface area contributed by atoms with Crippen molar-refractivity contribution in [2.75, 3.05) is 5.32 Å². The van der Waals surface area contributed by atoms with Gasteiger partial charge in [0.05, 0.1) is 12.5 Å². The predicted molar refractivity (Wildman–Crippen MR) is 109 cm³/mol. The van der Waals surface area contributed by atoms with Gasteiger partial charge in [-0.3, -0.25) is 0 Å². The van der Waals surface area contributed by atoms with Gasteiger partial charge in [-0.15, -0.1) is 0 Å². The largest absolute Gasteiger partial charge is 0.489 e. The Morgan fingerprint density at radius 1 is 0.966 bits per heavy atom. The molecule has 3 aromatic rings. The molecule has 6 heteroatoms. The van der Waals surface area contributed by atoms with Crippen LogP contribution in [0.25, 0.3) is 0 Å². The molecule has 0 atom stereocenters. The highest BCUT2D eigenvalue weighted by atomic mass is 19.1. The van der Waals surface area contributed by atoms with E-state index in [0.29, 0.717) is 30.0 Å². The van der Waals surface area contributed by atoms with Gasteiger partial charge in [0.25, 0.3) is 0 Å². The van der Waals surface area contributed by atoms with E-state index in [1.165, 1.54) is 12.1 Å². The van der Waals surface area contributed by atoms with Gasteiger partial charge in [-0.2, -0.15) is 5.26 Å². The lowest BCUT2D eigenvalue weighted by Gasteiger charge is -2.10. The van der Waals surface area contributed by atoms with E-state index in [9.17, 15) is 9.18 Å². The molecule has 0 bridgehead atoms. The van der Waals surface area contributed by atoms with Crippen LogP contribution in [0.5, 0.6) is 5.75 Å². The molecule has 3 aromatic carbocycles. The van der Waals surface area contributed by atoms with E-state index in [1.807, 2.05) is 42.5 Å². The number of hydrogen-bond donors (Lipinski definition) is 2. The van der Waals surface area contributed by atoms with Crippen LogP contribution in [0.4, 0.5) is 14.9 Å². The summed E-state index contributed by atoms with van der Waals surface area (Å²) < 4.78 is 18.9. The van der Waals surface area contributed by atoms with Gasteiger partial charge in [-0.1, -0.05) is 36.4 Å². The van der Waals surface area contributed by atoms with Crippen molar-refractivity contribution < 1.29 is 13.9 Å². The van der Waals surface area contributed by atoms with Crippen LogP contribution >= 0.6 is 0 Å². The summed E-state index contributed by atoms with van der Waals surface area (Å²) in [7, 11) is 0. The number of carbonyl (C=O) groups excluding carboxylic acids is 1. The molecule has 0 radical (unpaired) electrons. The molecule has 0 heterocycles. The number of carbonyl (C=O) groups is 1. The molecule has 2 amide bonds. The maximum absolute atomic E-state index is 13.2. The third kappa shape index (κ3) is 6.36. The molecule has 146 valence electrons. The van der Waals surface area contributed by atoms with Crippen molar-refractivity contribution in [1.82, 2.24) is 5.32 Å². The van der Waals surface area contributed by atoms with Crippen LogP contribution in [0.15, 0.2) is 72.8 Å². The molecule has 0 aromatic heterocycles. The third-order valence-corrected chi connectivity index (χ3v) is 4.14. The molecule has 0 unspecified atom stereocenters. The Morgan fingerprint density at radius 2 is 1.72 bits per heavy atom. The second-order valence-electron chi connectivity index (χ2n) is 6.41. The van der Waals surface area contributed by atoms with Crippen molar-refractivity contribution in [3.8, 4) is 11.8 Å². The lowest BCUT2D eigenvalue weighted by Crippen LogP contribution is -2.28. The first-order valence-corrected chi connectivity index (χ1v) is 9.09. The molecule has 5 nitrogen and oxygen atoms in total. The second kappa shape index (κ2) is 9.90. The molecular weight excluding hydrogens is 369 g/mol. The third-order valence-electron chi connectivity index (χ3n) is 4.14. The number of rotatable bonds is 7. The monoisotopic (exact) mass is 389 g/mol. The summed E-state index contributed by atoms with van der Waals surface area (Å²) in [5.41, 5.74) is 3.15. The van der Waals surface area contributed by atoms with Gasteiger partial charge in [-0.05, 0) is 53.1 Å². The number of hydrogen-bond acceptors (Lipinski definition) is 3. The Balaban J connectivity index is 1.51. The minimum atomic E-state index is -0.375. The number of nitriles is 1. The lowest BCUT2D eigenvalue weighted by molar-refractivity contribution is 0.251. The molecule has 0 fully saturated rings. The van der Waals surface area contributed by atoms with E-state index in [4.69, 9.17) is 10.00 Å². The number of benzene rings is 3. The Morgan fingerprint density at radius 3 is 2.48 bits per heavy atom. The quantitative estimate of drug-likeness (QED) is 0.610. The zero-order chi connectivity index (χ0) is 20.5. The molecule has 0 saturated heterocycles. The van der Waals surface area contributed by atoms with Gasteiger partial charge < -0.3 is 15.4 Å². The van der Waals surface area contributed by atoms with Crippen molar-refractivity contribution in [2.45, 2.75) is 19.6 Å². The first kappa shape index (κ1) is 19.9. The van der Waals surface area contributed by atoms with Gasteiger partial charge in [0.15, 0.2) is 0 Å². The smallest absolute Gasteiger partial charge is 0.319 e. The van der Waals surface area contributed by atoms with Gasteiger partial charge in [-0.25, -0.2) is 9.18 Å². The normalized spacial score (nSPS) is 10.1. The Bertz CT molecular complexity index is 1010. The van der Waals surface area contributed by atoms with Crippen LogP contribution in [0, 0.1) is 17.1 Å². The fourth-order valence-corrected chi connectivity index (χ4v) is 2.70. The van der Waals surface area contributed by atoms with Crippen LogP contribution in [0.2, 0.25) is 0 Å². The van der Waals surface area contributed by atoms with Crippen molar-refractivity contribution >= 4 is 11.7 Å². The van der Waals surface area contributed by atoms with Crippen molar-refractivity contribution in [1.29, 1.82) is 5.26 Å². The van der Waals surface area contributed by atoms with Crippen molar-refractivity contribution in [3.05, 3.63) is 95.3 Å². The standard InChI is InChI=1S/C23H20FN3O2/c24-20-5-1-3-18(13-20)15-26-23(28)27-21-6-2-4-19(14-21)16-29-22-9-7-17(8-10-22)11-12-25/h1-10,13-14H,11,15-16H2,(H2,26,27,28). The van der Waals surface area contributed by atoms with E-state index >= 15 is 0 Å². The number of amides is 2. The Labute approximate surface area is 168 Å². The average Bonchev–Trinajstić information content (AvgIpc) is 2.72. The maximum Gasteiger partial charge on any atom is 0.319 e. The van der Waals surface area contributed by atoms with E-state index in [1.54, 1.807) is 18.2 Å².